The Hall–Kier alpha value is -1.73. The number of hydrogen-bond acceptors (Lipinski definition) is 5. The van der Waals surface area contributed by atoms with Crippen LogP contribution in [0.2, 0.25) is 0 Å². The summed E-state index contributed by atoms with van der Waals surface area (Å²) in [7, 11) is -3.74. The molecule has 0 bridgehead atoms. The van der Waals surface area contributed by atoms with Gasteiger partial charge in [0, 0.05) is 16.8 Å². The Balaban J connectivity index is 2.34. The highest BCUT2D eigenvalue weighted by Gasteiger charge is 2.20. The summed E-state index contributed by atoms with van der Waals surface area (Å²) in [5.41, 5.74) is 0.508. The van der Waals surface area contributed by atoms with Crippen LogP contribution in [0.15, 0.2) is 52.5 Å². The number of nitrogens with one attached hydrogen (secondary N) is 1. The fraction of sp³-hybridized carbons (Fsp3) is 0.214. The summed E-state index contributed by atoms with van der Waals surface area (Å²) >= 11 is 1.54. The van der Waals surface area contributed by atoms with E-state index < -0.39 is 10.0 Å². The fourth-order valence-electron chi connectivity index (χ4n) is 1.74. The van der Waals surface area contributed by atoms with Crippen LogP contribution in [0.5, 0.6) is 5.75 Å². The van der Waals surface area contributed by atoms with Gasteiger partial charge in [0.05, 0.1) is 12.8 Å². The highest BCUT2D eigenvalue weighted by Crippen LogP contribution is 2.26. The Labute approximate surface area is 128 Å². The number of nitrogens with zero attached hydrogens (tertiary/aromatic N) is 1. The number of ether oxygens (including phenoxy) is 1. The van der Waals surface area contributed by atoms with Crippen molar-refractivity contribution in [3.63, 3.8) is 0 Å². The number of thioether (sulfide) groups is 1. The lowest BCUT2D eigenvalue weighted by molar-refractivity contribution is 0.330. The van der Waals surface area contributed by atoms with Crippen LogP contribution in [0.25, 0.3) is 0 Å². The van der Waals surface area contributed by atoms with E-state index in [1.807, 2.05) is 12.3 Å². The summed E-state index contributed by atoms with van der Waals surface area (Å²) in [4.78, 5) is 4.87. The maximum atomic E-state index is 12.5. The van der Waals surface area contributed by atoms with Gasteiger partial charge in [-0.2, -0.15) is 0 Å². The molecule has 2 aromatic rings. The SMILES string of the molecule is CCOc1ccncc1S(=O)(=O)Nc1cccc(SC)c1. The van der Waals surface area contributed by atoms with Gasteiger partial charge in [0.1, 0.15) is 10.6 Å². The molecule has 0 aliphatic carbocycles. The number of rotatable bonds is 6. The molecule has 21 heavy (non-hydrogen) atoms. The van der Waals surface area contributed by atoms with E-state index >= 15 is 0 Å². The van der Waals surface area contributed by atoms with Crippen LogP contribution in [0, 0.1) is 0 Å². The quantitative estimate of drug-likeness (QED) is 0.827. The normalized spacial score (nSPS) is 11.1. The summed E-state index contributed by atoms with van der Waals surface area (Å²) in [6, 6.07) is 8.73. The predicted octanol–water partition coefficient (Wildman–Crippen LogP) is 3.00. The first kappa shape index (κ1) is 15.7. The average Bonchev–Trinajstić information content (AvgIpc) is 2.48. The summed E-state index contributed by atoms with van der Waals surface area (Å²) in [5, 5.41) is 0. The molecule has 0 amide bonds. The minimum Gasteiger partial charge on any atom is -0.492 e. The summed E-state index contributed by atoms with van der Waals surface area (Å²) < 4.78 is 32.8. The number of aromatic nitrogens is 1. The number of anilines is 1. The molecule has 1 heterocycles. The molecular formula is C14H16N2O3S2. The van der Waals surface area contributed by atoms with E-state index in [0.29, 0.717) is 18.0 Å². The van der Waals surface area contributed by atoms with E-state index in [4.69, 9.17) is 4.74 Å². The highest BCUT2D eigenvalue weighted by atomic mass is 32.2. The molecule has 0 fully saturated rings. The molecule has 112 valence electrons. The molecule has 1 N–H and O–H groups in total. The fourth-order valence-corrected chi connectivity index (χ4v) is 3.34. The topological polar surface area (TPSA) is 68.3 Å². The van der Waals surface area contributed by atoms with Crippen LogP contribution in [-0.4, -0.2) is 26.3 Å². The molecular weight excluding hydrogens is 308 g/mol. The Bertz CT molecular complexity index is 718. The molecule has 0 atom stereocenters. The summed E-state index contributed by atoms with van der Waals surface area (Å²) in [6.07, 6.45) is 4.71. The molecule has 0 saturated carbocycles. The van der Waals surface area contributed by atoms with Crippen LogP contribution in [0.1, 0.15) is 6.92 Å². The second kappa shape index (κ2) is 6.82. The van der Waals surface area contributed by atoms with Crippen LogP contribution < -0.4 is 9.46 Å². The van der Waals surface area contributed by atoms with Crippen LogP contribution in [0.4, 0.5) is 5.69 Å². The first-order chi connectivity index (χ1) is 10.1. The van der Waals surface area contributed by atoms with Crippen molar-refractivity contribution in [3.05, 3.63) is 42.7 Å². The number of sulfonamides is 1. The van der Waals surface area contributed by atoms with Gasteiger partial charge in [-0.1, -0.05) is 6.07 Å². The highest BCUT2D eigenvalue weighted by molar-refractivity contribution is 7.98. The molecule has 0 aliphatic rings. The van der Waals surface area contributed by atoms with Crippen molar-refractivity contribution in [2.45, 2.75) is 16.7 Å². The molecule has 0 saturated heterocycles. The van der Waals surface area contributed by atoms with Crippen molar-refractivity contribution in [2.24, 2.45) is 0 Å². The minimum atomic E-state index is -3.74. The van der Waals surface area contributed by atoms with Crippen LogP contribution >= 0.6 is 11.8 Å². The van der Waals surface area contributed by atoms with Crippen molar-refractivity contribution >= 4 is 27.5 Å². The lowest BCUT2D eigenvalue weighted by Crippen LogP contribution is -2.14. The summed E-state index contributed by atoms with van der Waals surface area (Å²) in [5.74, 6) is 0.293. The Morgan fingerprint density at radius 3 is 2.86 bits per heavy atom. The van der Waals surface area contributed by atoms with E-state index in [0.717, 1.165) is 4.90 Å². The zero-order valence-corrected chi connectivity index (χ0v) is 13.4. The van der Waals surface area contributed by atoms with E-state index in [1.165, 1.54) is 18.5 Å². The number of benzene rings is 1. The molecule has 1 aromatic heterocycles. The van der Waals surface area contributed by atoms with Crippen molar-refractivity contribution < 1.29 is 13.2 Å². The molecule has 0 unspecified atom stereocenters. The molecule has 1 aromatic carbocycles. The molecule has 7 heteroatoms. The van der Waals surface area contributed by atoms with E-state index in [2.05, 4.69) is 9.71 Å². The second-order valence-electron chi connectivity index (χ2n) is 4.09. The van der Waals surface area contributed by atoms with Gasteiger partial charge in [0.25, 0.3) is 10.0 Å². The predicted molar refractivity (Wildman–Crippen MR) is 84.4 cm³/mol. The number of pyridine rings is 1. The van der Waals surface area contributed by atoms with E-state index in [9.17, 15) is 8.42 Å². The first-order valence-corrected chi connectivity index (χ1v) is 9.01. The first-order valence-electron chi connectivity index (χ1n) is 6.30. The van der Waals surface area contributed by atoms with Crippen LogP contribution in [-0.2, 0) is 10.0 Å². The lowest BCUT2D eigenvalue weighted by Gasteiger charge is -2.12. The maximum absolute atomic E-state index is 12.5. The van der Waals surface area contributed by atoms with Gasteiger partial charge in [-0.05, 0) is 37.4 Å². The third-order valence-corrected chi connectivity index (χ3v) is 4.77. The monoisotopic (exact) mass is 324 g/mol. The van der Waals surface area contributed by atoms with Crippen molar-refractivity contribution in [1.82, 2.24) is 4.98 Å². The molecule has 2 rings (SSSR count). The van der Waals surface area contributed by atoms with Crippen molar-refractivity contribution in [1.29, 1.82) is 0 Å². The van der Waals surface area contributed by atoms with E-state index in [1.54, 1.807) is 36.9 Å². The molecule has 5 nitrogen and oxygen atoms in total. The summed E-state index contributed by atoms with van der Waals surface area (Å²) in [6.45, 7) is 2.18. The van der Waals surface area contributed by atoms with E-state index in [-0.39, 0.29) is 4.90 Å². The Kier molecular flexibility index (Phi) is 5.08. The van der Waals surface area contributed by atoms with Gasteiger partial charge in [-0.3, -0.25) is 9.71 Å². The Morgan fingerprint density at radius 2 is 2.14 bits per heavy atom. The van der Waals surface area contributed by atoms with Gasteiger partial charge in [-0.15, -0.1) is 11.8 Å². The van der Waals surface area contributed by atoms with Gasteiger partial charge in [0.2, 0.25) is 0 Å². The van der Waals surface area contributed by atoms with Gasteiger partial charge in [0.15, 0.2) is 0 Å². The molecule has 0 radical (unpaired) electrons. The third-order valence-electron chi connectivity index (χ3n) is 2.66. The zero-order valence-electron chi connectivity index (χ0n) is 11.7. The third kappa shape index (κ3) is 3.89. The largest absolute Gasteiger partial charge is 0.492 e. The number of hydrogen-bond donors (Lipinski definition) is 1. The van der Waals surface area contributed by atoms with Gasteiger partial charge in [-0.25, -0.2) is 8.42 Å². The van der Waals surface area contributed by atoms with Gasteiger partial charge >= 0.3 is 0 Å². The van der Waals surface area contributed by atoms with Crippen molar-refractivity contribution in [2.75, 3.05) is 17.6 Å². The minimum absolute atomic E-state index is 0.0291. The second-order valence-corrected chi connectivity index (χ2v) is 6.62. The van der Waals surface area contributed by atoms with Crippen LogP contribution in [0.3, 0.4) is 0 Å². The Morgan fingerprint density at radius 1 is 1.33 bits per heavy atom. The standard InChI is InChI=1S/C14H16N2O3S2/c1-3-19-13-7-8-15-10-14(13)21(17,18)16-11-5-4-6-12(9-11)20-2/h4-10,16H,3H2,1-2H3. The zero-order chi connectivity index (χ0) is 15.3. The lowest BCUT2D eigenvalue weighted by atomic mass is 10.3. The maximum Gasteiger partial charge on any atom is 0.267 e. The van der Waals surface area contributed by atoms with Crippen molar-refractivity contribution in [3.8, 4) is 5.75 Å². The molecule has 0 spiro atoms. The smallest absolute Gasteiger partial charge is 0.267 e. The molecule has 0 aliphatic heterocycles. The average molecular weight is 324 g/mol. The van der Waals surface area contributed by atoms with Gasteiger partial charge < -0.3 is 4.74 Å².